The molecule has 9 nitrogen and oxygen atoms in total. The maximum absolute atomic E-state index is 13.9. The van der Waals surface area contributed by atoms with Crippen LogP contribution in [0.3, 0.4) is 0 Å². The summed E-state index contributed by atoms with van der Waals surface area (Å²) in [6.07, 6.45) is -1.35. The third-order valence-electron chi connectivity index (χ3n) is 4.85. The molecule has 1 aliphatic rings. The molecule has 150 valence electrons. The third-order valence-corrected chi connectivity index (χ3v) is 4.85. The van der Waals surface area contributed by atoms with E-state index in [1.165, 1.54) is 18.0 Å². The number of ether oxygens (including phenoxy) is 2. The predicted octanol–water partition coefficient (Wildman–Crippen LogP) is 2.47. The second kappa shape index (κ2) is 6.92. The fourth-order valence-corrected chi connectivity index (χ4v) is 3.50. The van der Waals surface area contributed by atoms with Gasteiger partial charge in [-0.15, -0.1) is 0 Å². The number of imidazole rings is 2. The van der Waals surface area contributed by atoms with E-state index in [-0.39, 0.29) is 5.82 Å². The summed E-state index contributed by atoms with van der Waals surface area (Å²) in [6, 6.07) is 5.11. The molecule has 0 spiro atoms. The van der Waals surface area contributed by atoms with Crippen molar-refractivity contribution in [2.45, 2.75) is 6.43 Å². The number of methoxy groups -OCH3 is 1. The number of halogens is 2. The number of benzene rings is 1. The van der Waals surface area contributed by atoms with Crippen molar-refractivity contribution in [2.24, 2.45) is 0 Å². The summed E-state index contributed by atoms with van der Waals surface area (Å²) >= 11 is 0. The van der Waals surface area contributed by atoms with E-state index in [0.29, 0.717) is 60.2 Å². The maximum atomic E-state index is 13.9. The van der Waals surface area contributed by atoms with Crippen molar-refractivity contribution in [3.8, 4) is 11.6 Å². The first-order valence-electron chi connectivity index (χ1n) is 9.05. The summed E-state index contributed by atoms with van der Waals surface area (Å²) in [5.74, 6) is 0.659. The average molecular weight is 401 g/mol. The van der Waals surface area contributed by atoms with Crippen LogP contribution in [0.25, 0.3) is 28.0 Å². The molecule has 1 aromatic carbocycles. The van der Waals surface area contributed by atoms with E-state index in [4.69, 9.17) is 9.47 Å². The van der Waals surface area contributed by atoms with Crippen LogP contribution < -0.4 is 9.64 Å². The van der Waals surface area contributed by atoms with E-state index in [1.54, 1.807) is 18.2 Å². The van der Waals surface area contributed by atoms with Crippen LogP contribution in [0.1, 0.15) is 12.2 Å². The first-order valence-corrected chi connectivity index (χ1v) is 9.05. The first-order chi connectivity index (χ1) is 14.2. The van der Waals surface area contributed by atoms with E-state index >= 15 is 0 Å². The Hall–Kier alpha value is -3.34. The number of para-hydroxylation sites is 1. The summed E-state index contributed by atoms with van der Waals surface area (Å²) < 4.78 is 39.9. The molecule has 0 bridgehead atoms. The average Bonchev–Trinajstić information content (AvgIpc) is 3.38. The van der Waals surface area contributed by atoms with Crippen molar-refractivity contribution in [3.05, 3.63) is 30.4 Å². The van der Waals surface area contributed by atoms with Gasteiger partial charge in [0.25, 0.3) is 6.43 Å². The molecule has 4 aromatic rings. The Balaban J connectivity index is 1.80. The summed E-state index contributed by atoms with van der Waals surface area (Å²) in [6.45, 7) is 2.31. The van der Waals surface area contributed by atoms with E-state index < -0.39 is 12.2 Å². The lowest BCUT2D eigenvalue weighted by atomic mass is 10.3. The molecule has 0 radical (unpaired) electrons. The van der Waals surface area contributed by atoms with E-state index in [0.717, 1.165) is 0 Å². The number of anilines is 1. The Morgan fingerprint density at radius 1 is 1.17 bits per heavy atom. The Labute approximate surface area is 163 Å². The number of rotatable bonds is 4. The number of hydrogen-bond acceptors (Lipinski definition) is 7. The van der Waals surface area contributed by atoms with E-state index in [1.807, 2.05) is 4.90 Å². The van der Waals surface area contributed by atoms with E-state index in [2.05, 4.69) is 24.9 Å². The molecule has 0 saturated carbocycles. The largest absolute Gasteiger partial charge is 0.494 e. The summed E-state index contributed by atoms with van der Waals surface area (Å²) in [5.41, 5.74) is 1.64. The highest BCUT2D eigenvalue weighted by Gasteiger charge is 2.26. The highest BCUT2D eigenvalue weighted by atomic mass is 19.3. The van der Waals surface area contributed by atoms with Gasteiger partial charge in [-0.05, 0) is 12.1 Å². The molecule has 1 fully saturated rings. The van der Waals surface area contributed by atoms with Crippen LogP contribution in [0, 0.1) is 0 Å². The minimum Gasteiger partial charge on any atom is -0.494 e. The highest BCUT2D eigenvalue weighted by Crippen LogP contribution is 2.34. The van der Waals surface area contributed by atoms with Gasteiger partial charge in [-0.3, -0.25) is 4.57 Å². The Morgan fingerprint density at radius 3 is 2.76 bits per heavy atom. The normalized spacial score (nSPS) is 15.0. The van der Waals surface area contributed by atoms with Crippen molar-refractivity contribution in [1.29, 1.82) is 0 Å². The lowest BCUT2D eigenvalue weighted by Crippen LogP contribution is -2.37. The van der Waals surface area contributed by atoms with Crippen molar-refractivity contribution < 1.29 is 18.3 Å². The third kappa shape index (κ3) is 2.85. The molecule has 3 aromatic heterocycles. The highest BCUT2D eigenvalue weighted by molar-refractivity contribution is 5.88. The van der Waals surface area contributed by atoms with Crippen molar-refractivity contribution in [1.82, 2.24) is 29.5 Å². The second-order valence-corrected chi connectivity index (χ2v) is 6.48. The molecule has 4 heterocycles. The minimum atomic E-state index is -2.81. The number of hydrogen-bond donors (Lipinski definition) is 1. The Bertz CT molecular complexity index is 1180. The zero-order valence-electron chi connectivity index (χ0n) is 15.5. The Morgan fingerprint density at radius 2 is 2.00 bits per heavy atom. The van der Waals surface area contributed by atoms with Gasteiger partial charge in [0.15, 0.2) is 17.3 Å². The molecule has 1 N–H and O–H groups in total. The van der Waals surface area contributed by atoms with Crippen LogP contribution in [0.15, 0.2) is 24.5 Å². The number of morpholine rings is 1. The fourth-order valence-electron chi connectivity index (χ4n) is 3.50. The number of nitrogens with one attached hydrogen (secondary N) is 1. The van der Waals surface area contributed by atoms with Crippen molar-refractivity contribution in [2.75, 3.05) is 38.3 Å². The number of nitrogens with zero attached hydrogens (tertiary/aromatic N) is 6. The van der Waals surface area contributed by atoms with Gasteiger partial charge in [0.05, 0.1) is 32.2 Å². The van der Waals surface area contributed by atoms with Crippen LogP contribution in [-0.4, -0.2) is 62.9 Å². The maximum Gasteiger partial charge on any atom is 0.296 e. The second-order valence-electron chi connectivity index (χ2n) is 6.48. The molecule has 0 amide bonds. The van der Waals surface area contributed by atoms with Gasteiger partial charge in [0.2, 0.25) is 5.95 Å². The zero-order valence-corrected chi connectivity index (χ0v) is 15.5. The number of aromatic nitrogens is 6. The van der Waals surface area contributed by atoms with Crippen LogP contribution in [0.2, 0.25) is 0 Å². The van der Waals surface area contributed by atoms with Gasteiger partial charge in [0.1, 0.15) is 16.8 Å². The Kier molecular flexibility index (Phi) is 4.23. The van der Waals surface area contributed by atoms with Gasteiger partial charge in [0, 0.05) is 13.1 Å². The zero-order chi connectivity index (χ0) is 20.0. The molecule has 1 aliphatic heterocycles. The monoisotopic (exact) mass is 401 g/mol. The van der Waals surface area contributed by atoms with Gasteiger partial charge < -0.3 is 19.4 Å². The van der Waals surface area contributed by atoms with E-state index in [9.17, 15) is 8.78 Å². The molecule has 0 aliphatic carbocycles. The smallest absolute Gasteiger partial charge is 0.296 e. The minimum absolute atomic E-state index is 0.264. The van der Waals surface area contributed by atoms with Crippen LogP contribution in [0.4, 0.5) is 14.7 Å². The summed E-state index contributed by atoms with van der Waals surface area (Å²) in [4.78, 5) is 22.4. The van der Waals surface area contributed by atoms with Crippen molar-refractivity contribution in [3.63, 3.8) is 0 Å². The molecule has 29 heavy (non-hydrogen) atoms. The number of fused-ring (bicyclic) bond motifs is 2. The van der Waals surface area contributed by atoms with Crippen LogP contribution in [0.5, 0.6) is 5.75 Å². The molecule has 11 heteroatoms. The molecule has 0 atom stereocenters. The first kappa shape index (κ1) is 17.7. The summed E-state index contributed by atoms with van der Waals surface area (Å²) in [7, 11) is 1.48. The topological polar surface area (TPSA) is 94.0 Å². The van der Waals surface area contributed by atoms with Gasteiger partial charge >= 0.3 is 0 Å². The van der Waals surface area contributed by atoms with Crippen LogP contribution in [-0.2, 0) is 4.74 Å². The lowest BCUT2D eigenvalue weighted by Gasteiger charge is -2.27. The van der Waals surface area contributed by atoms with Crippen molar-refractivity contribution >= 4 is 28.1 Å². The molecule has 0 unspecified atom stereocenters. The fraction of sp³-hybridized carbons (Fsp3) is 0.333. The lowest BCUT2D eigenvalue weighted by molar-refractivity contribution is 0.122. The van der Waals surface area contributed by atoms with Gasteiger partial charge in [-0.2, -0.15) is 9.97 Å². The molecule has 5 rings (SSSR count). The number of alkyl halides is 2. The van der Waals surface area contributed by atoms with Gasteiger partial charge in [-0.25, -0.2) is 18.7 Å². The van der Waals surface area contributed by atoms with Crippen LogP contribution >= 0.6 is 0 Å². The SMILES string of the molecule is COc1cccc2c1nc(C(F)F)n2-c1nc(N2CCOCC2)nc2nc[nH]c12. The standard InChI is InChI=1S/C18H17F2N7O2/c1-28-11-4-2-3-10-12(11)23-17(14(19)20)27(10)16-13-15(22-9-21-13)24-18(25-16)26-5-7-29-8-6-26/h2-4,9,14H,5-8H2,1H3,(H,21,22,24,25). The molecule has 1 saturated heterocycles. The molecular weight excluding hydrogens is 384 g/mol. The molecular formula is C18H17F2N7O2. The number of aromatic amines is 1. The predicted molar refractivity (Wildman–Crippen MR) is 101 cm³/mol. The van der Waals surface area contributed by atoms with Gasteiger partial charge in [-0.1, -0.05) is 6.07 Å². The quantitative estimate of drug-likeness (QED) is 0.561. The number of H-pyrrole nitrogens is 1. The summed E-state index contributed by atoms with van der Waals surface area (Å²) in [5, 5.41) is 0.